The summed E-state index contributed by atoms with van der Waals surface area (Å²) in [6.45, 7) is 1.66. The van der Waals surface area contributed by atoms with Crippen molar-refractivity contribution in [2.45, 2.75) is 6.92 Å². The Labute approximate surface area is 132 Å². The number of fused-ring (bicyclic) bond motifs is 1. The maximum atomic E-state index is 12.8. The molecule has 23 heavy (non-hydrogen) atoms. The van der Waals surface area contributed by atoms with E-state index < -0.39 is 11.5 Å². The summed E-state index contributed by atoms with van der Waals surface area (Å²) in [5.41, 5.74) is 7.42. The molecular weight excluding hydrogens is 290 g/mol. The molecule has 0 amide bonds. The van der Waals surface area contributed by atoms with Gasteiger partial charge in [0.05, 0.1) is 17.1 Å². The lowest BCUT2D eigenvalue weighted by Crippen LogP contribution is -2.29. The number of aryl methyl sites for hydroxylation is 1. The van der Waals surface area contributed by atoms with Crippen molar-refractivity contribution in [2.75, 3.05) is 5.73 Å². The minimum Gasteiger partial charge on any atom is -0.399 e. The predicted molar refractivity (Wildman–Crippen MR) is 88.2 cm³/mol. The second kappa shape index (κ2) is 5.43. The van der Waals surface area contributed by atoms with Crippen LogP contribution in [0.25, 0.3) is 10.9 Å². The zero-order valence-electron chi connectivity index (χ0n) is 12.4. The van der Waals surface area contributed by atoms with Crippen LogP contribution in [0.3, 0.4) is 0 Å². The van der Waals surface area contributed by atoms with E-state index in [1.54, 1.807) is 49.4 Å². The summed E-state index contributed by atoms with van der Waals surface area (Å²) in [7, 11) is 0. The molecule has 0 saturated heterocycles. The summed E-state index contributed by atoms with van der Waals surface area (Å²) in [6, 6.07) is 15.1. The third-order valence-electron chi connectivity index (χ3n) is 3.65. The van der Waals surface area contributed by atoms with E-state index in [0.717, 1.165) is 9.95 Å². The number of nitrogens with zero attached hydrogens (tertiary/aromatic N) is 2. The lowest BCUT2D eigenvalue weighted by atomic mass is 10.1. The van der Waals surface area contributed by atoms with Crippen LogP contribution in [-0.4, -0.2) is 10.5 Å². The molecule has 3 aromatic rings. The number of hydrogen-bond donors (Lipinski definition) is 1. The van der Waals surface area contributed by atoms with Crippen molar-refractivity contribution in [3.05, 3.63) is 75.6 Å². The van der Waals surface area contributed by atoms with Gasteiger partial charge in [-0.05, 0) is 48.7 Å². The van der Waals surface area contributed by atoms with E-state index in [-0.39, 0.29) is 5.56 Å². The van der Waals surface area contributed by atoms with Crippen molar-refractivity contribution >= 4 is 22.5 Å². The van der Waals surface area contributed by atoms with Crippen LogP contribution in [-0.2, 0) is 0 Å². The summed E-state index contributed by atoms with van der Waals surface area (Å²) >= 11 is 0. The fourth-order valence-electron chi connectivity index (χ4n) is 2.51. The molecule has 2 N–H and O–H groups in total. The molecule has 0 saturated carbocycles. The normalized spacial score (nSPS) is 10.4. The first-order chi connectivity index (χ1) is 11.0. The quantitative estimate of drug-likeness (QED) is 0.699. The molecule has 112 valence electrons. The van der Waals surface area contributed by atoms with E-state index in [4.69, 9.17) is 11.0 Å². The van der Waals surface area contributed by atoms with E-state index in [9.17, 15) is 9.59 Å². The summed E-state index contributed by atoms with van der Waals surface area (Å²) in [4.78, 5) is 25.3. The van der Waals surface area contributed by atoms with Gasteiger partial charge in [-0.1, -0.05) is 12.1 Å². The zero-order valence-corrected chi connectivity index (χ0v) is 12.4. The molecule has 0 atom stereocenters. The Bertz CT molecular complexity index is 1040. The minimum absolute atomic E-state index is 0.278. The molecule has 2 aromatic carbocycles. The highest BCUT2D eigenvalue weighted by molar-refractivity contribution is 6.02. The van der Waals surface area contributed by atoms with Crippen molar-refractivity contribution in [3.63, 3.8) is 0 Å². The van der Waals surface area contributed by atoms with Crippen LogP contribution in [0.4, 0.5) is 5.69 Å². The van der Waals surface area contributed by atoms with Crippen molar-refractivity contribution in [2.24, 2.45) is 0 Å². The zero-order chi connectivity index (χ0) is 16.6. The number of carbonyl (C=O) groups is 1. The maximum Gasteiger partial charge on any atom is 0.265 e. The Morgan fingerprint density at radius 2 is 1.96 bits per heavy atom. The lowest BCUT2D eigenvalue weighted by molar-refractivity contribution is 0.0961. The molecule has 0 spiro atoms. The molecule has 0 unspecified atom stereocenters. The van der Waals surface area contributed by atoms with Gasteiger partial charge in [-0.3, -0.25) is 9.59 Å². The van der Waals surface area contributed by atoms with Gasteiger partial charge in [-0.15, -0.1) is 0 Å². The molecular formula is C18H13N3O2. The molecule has 1 aromatic heterocycles. The second-order valence-corrected chi connectivity index (χ2v) is 5.28. The monoisotopic (exact) mass is 303 g/mol. The number of carbonyl (C=O) groups excluding carboxylic acids is 1. The number of nitrogens with two attached hydrogens (primary N) is 1. The Morgan fingerprint density at radius 1 is 1.17 bits per heavy atom. The van der Waals surface area contributed by atoms with Crippen LogP contribution in [0, 0.1) is 18.3 Å². The van der Waals surface area contributed by atoms with Gasteiger partial charge in [0.25, 0.3) is 11.5 Å². The number of nitriles is 1. The number of hydrogen-bond acceptors (Lipinski definition) is 4. The van der Waals surface area contributed by atoms with Gasteiger partial charge >= 0.3 is 0 Å². The molecule has 5 heteroatoms. The van der Waals surface area contributed by atoms with E-state index in [2.05, 4.69) is 0 Å². The Kier molecular flexibility index (Phi) is 3.43. The molecule has 5 nitrogen and oxygen atoms in total. The average molecular weight is 303 g/mol. The number of pyridine rings is 1. The van der Waals surface area contributed by atoms with Crippen LogP contribution in [0.15, 0.2) is 53.3 Å². The van der Waals surface area contributed by atoms with Gasteiger partial charge < -0.3 is 5.73 Å². The number of anilines is 1. The van der Waals surface area contributed by atoms with Gasteiger partial charge in [0.2, 0.25) is 0 Å². The van der Waals surface area contributed by atoms with Crippen LogP contribution in [0.1, 0.15) is 21.5 Å². The fraction of sp³-hybridized carbons (Fsp3) is 0.0556. The number of rotatable bonds is 1. The van der Waals surface area contributed by atoms with E-state index in [1.807, 2.05) is 6.07 Å². The first-order valence-corrected chi connectivity index (χ1v) is 6.98. The van der Waals surface area contributed by atoms with Gasteiger partial charge in [0.15, 0.2) is 0 Å². The summed E-state index contributed by atoms with van der Waals surface area (Å²) < 4.78 is 1.11. The molecule has 0 radical (unpaired) electrons. The van der Waals surface area contributed by atoms with Crippen molar-refractivity contribution in [1.29, 1.82) is 5.26 Å². The largest absolute Gasteiger partial charge is 0.399 e. The molecule has 0 bridgehead atoms. The Hall–Kier alpha value is -3.39. The van der Waals surface area contributed by atoms with Crippen LogP contribution >= 0.6 is 0 Å². The van der Waals surface area contributed by atoms with Gasteiger partial charge in [0.1, 0.15) is 0 Å². The highest BCUT2D eigenvalue weighted by atomic mass is 16.2. The maximum absolute atomic E-state index is 12.8. The molecule has 3 rings (SSSR count). The first kappa shape index (κ1) is 14.5. The second-order valence-electron chi connectivity index (χ2n) is 5.28. The van der Waals surface area contributed by atoms with E-state index in [0.29, 0.717) is 22.3 Å². The third kappa shape index (κ3) is 2.47. The average Bonchev–Trinajstić information content (AvgIpc) is 2.56. The van der Waals surface area contributed by atoms with Crippen molar-refractivity contribution < 1.29 is 4.79 Å². The molecule has 1 heterocycles. The molecule has 0 aliphatic rings. The summed E-state index contributed by atoms with van der Waals surface area (Å²) in [5.74, 6) is -0.480. The SMILES string of the molecule is Cc1cc2ccc(N)cc2n(C(=O)c2cccc(C#N)c2)c1=O. The van der Waals surface area contributed by atoms with Crippen molar-refractivity contribution in [3.8, 4) is 6.07 Å². The number of aromatic nitrogens is 1. The topological polar surface area (TPSA) is 88.9 Å². The molecule has 0 aliphatic carbocycles. The lowest BCUT2D eigenvalue weighted by Gasteiger charge is -2.11. The van der Waals surface area contributed by atoms with Crippen LogP contribution in [0.5, 0.6) is 0 Å². The first-order valence-electron chi connectivity index (χ1n) is 6.98. The third-order valence-corrected chi connectivity index (χ3v) is 3.65. The van der Waals surface area contributed by atoms with Crippen molar-refractivity contribution in [1.82, 2.24) is 4.57 Å². The standard InChI is InChI=1S/C18H13N3O2/c1-11-7-13-5-6-15(20)9-16(13)21(17(11)22)18(23)14-4-2-3-12(8-14)10-19/h2-9H,20H2,1H3. The smallest absolute Gasteiger partial charge is 0.265 e. The number of nitrogen functional groups attached to an aromatic ring is 1. The highest BCUT2D eigenvalue weighted by Crippen LogP contribution is 2.18. The molecule has 0 aliphatic heterocycles. The number of benzene rings is 2. The predicted octanol–water partition coefficient (Wildman–Crippen LogP) is 2.45. The fourth-order valence-corrected chi connectivity index (χ4v) is 2.51. The Balaban J connectivity index is 2.32. The van der Waals surface area contributed by atoms with Crippen LogP contribution < -0.4 is 11.3 Å². The van der Waals surface area contributed by atoms with Gasteiger partial charge in [0, 0.05) is 16.8 Å². The van der Waals surface area contributed by atoms with E-state index in [1.165, 1.54) is 6.07 Å². The summed E-state index contributed by atoms with van der Waals surface area (Å²) in [6.07, 6.45) is 0. The van der Waals surface area contributed by atoms with E-state index >= 15 is 0 Å². The summed E-state index contributed by atoms with van der Waals surface area (Å²) in [5, 5.41) is 9.73. The molecule has 0 fully saturated rings. The van der Waals surface area contributed by atoms with Gasteiger partial charge in [-0.2, -0.15) is 5.26 Å². The minimum atomic E-state index is -0.480. The van der Waals surface area contributed by atoms with Gasteiger partial charge in [-0.25, -0.2) is 4.57 Å². The highest BCUT2D eigenvalue weighted by Gasteiger charge is 2.16. The Morgan fingerprint density at radius 3 is 2.70 bits per heavy atom. The van der Waals surface area contributed by atoms with Crippen LogP contribution in [0.2, 0.25) is 0 Å².